The summed E-state index contributed by atoms with van der Waals surface area (Å²) in [4.78, 5) is 12.0. The van der Waals surface area contributed by atoms with E-state index in [0.29, 0.717) is 23.7 Å². The first-order valence-corrected chi connectivity index (χ1v) is 6.39. The molecule has 3 N–H and O–H groups in total. The van der Waals surface area contributed by atoms with E-state index in [2.05, 4.69) is 5.32 Å². The fourth-order valence-corrected chi connectivity index (χ4v) is 2.16. The smallest absolute Gasteiger partial charge is 0.253 e. The lowest BCUT2D eigenvalue weighted by atomic mass is 10.0. The van der Waals surface area contributed by atoms with Gasteiger partial charge in [0.05, 0.1) is 5.56 Å². The average Bonchev–Trinajstić information content (AvgIpc) is 2.85. The van der Waals surface area contributed by atoms with Gasteiger partial charge in [0.2, 0.25) is 0 Å². The van der Waals surface area contributed by atoms with E-state index in [1.165, 1.54) is 0 Å². The summed E-state index contributed by atoms with van der Waals surface area (Å²) in [5.74, 6) is 0.496. The molecule has 18 heavy (non-hydrogen) atoms. The van der Waals surface area contributed by atoms with E-state index in [4.69, 9.17) is 10.5 Å². The molecular formula is C14H20N2O2. The summed E-state index contributed by atoms with van der Waals surface area (Å²) >= 11 is 0. The number of anilines is 1. The summed E-state index contributed by atoms with van der Waals surface area (Å²) in [6.07, 6.45) is 2.07. The van der Waals surface area contributed by atoms with Gasteiger partial charge in [-0.1, -0.05) is 11.6 Å². The number of nitrogens with two attached hydrogens (primary N) is 1. The van der Waals surface area contributed by atoms with Crippen molar-refractivity contribution in [2.24, 2.45) is 5.92 Å². The normalized spacial score (nSPS) is 18.8. The van der Waals surface area contributed by atoms with Crippen molar-refractivity contribution in [2.45, 2.75) is 19.8 Å². The monoisotopic (exact) mass is 248 g/mol. The van der Waals surface area contributed by atoms with E-state index in [1.54, 1.807) is 6.07 Å². The number of ether oxygens (including phenoxy) is 1. The summed E-state index contributed by atoms with van der Waals surface area (Å²) in [5, 5.41) is 2.92. The van der Waals surface area contributed by atoms with Crippen LogP contribution in [0.1, 0.15) is 28.8 Å². The first-order valence-electron chi connectivity index (χ1n) is 6.39. The van der Waals surface area contributed by atoms with Gasteiger partial charge in [0.15, 0.2) is 0 Å². The molecule has 0 bridgehead atoms. The lowest BCUT2D eigenvalue weighted by molar-refractivity contribution is 0.0951. The first-order chi connectivity index (χ1) is 8.66. The maximum Gasteiger partial charge on any atom is 0.253 e. The Hall–Kier alpha value is -1.55. The predicted molar refractivity (Wildman–Crippen MR) is 71.5 cm³/mol. The number of carbonyl (C=O) groups excluding carboxylic acids is 1. The second kappa shape index (κ2) is 5.87. The third-order valence-electron chi connectivity index (χ3n) is 3.32. The van der Waals surface area contributed by atoms with Crippen molar-refractivity contribution in [3.8, 4) is 0 Å². The Labute approximate surface area is 108 Å². The highest BCUT2D eigenvalue weighted by atomic mass is 16.5. The fraction of sp³-hybridized carbons (Fsp3) is 0.500. The second-order valence-corrected chi connectivity index (χ2v) is 4.86. The lowest BCUT2D eigenvalue weighted by Gasteiger charge is -2.10. The van der Waals surface area contributed by atoms with Gasteiger partial charge in [-0.3, -0.25) is 4.79 Å². The quantitative estimate of drug-likeness (QED) is 0.798. The molecule has 0 spiro atoms. The maximum atomic E-state index is 12.0. The summed E-state index contributed by atoms with van der Waals surface area (Å²) in [7, 11) is 0. The number of hydrogen-bond donors (Lipinski definition) is 2. The van der Waals surface area contributed by atoms with E-state index in [9.17, 15) is 4.79 Å². The van der Waals surface area contributed by atoms with E-state index >= 15 is 0 Å². The third kappa shape index (κ3) is 3.23. The van der Waals surface area contributed by atoms with Gasteiger partial charge in [-0.25, -0.2) is 0 Å². The number of amides is 1. The highest BCUT2D eigenvalue weighted by molar-refractivity contribution is 5.99. The molecule has 1 saturated heterocycles. The molecule has 0 radical (unpaired) electrons. The Bertz CT molecular complexity index is 426. The summed E-state index contributed by atoms with van der Waals surface area (Å²) in [6.45, 7) is 4.30. The number of carbonyl (C=O) groups is 1. The fourth-order valence-electron chi connectivity index (χ4n) is 2.16. The zero-order valence-electron chi connectivity index (χ0n) is 10.7. The topological polar surface area (TPSA) is 64.4 Å². The Balaban J connectivity index is 1.85. The molecule has 1 aliphatic rings. The number of rotatable bonds is 4. The lowest BCUT2D eigenvalue weighted by Crippen LogP contribution is -2.26. The minimum Gasteiger partial charge on any atom is -0.398 e. The van der Waals surface area contributed by atoms with Gasteiger partial charge in [-0.2, -0.15) is 0 Å². The van der Waals surface area contributed by atoms with Crippen LogP contribution in [0.4, 0.5) is 5.69 Å². The van der Waals surface area contributed by atoms with E-state index in [0.717, 1.165) is 31.6 Å². The molecule has 1 atom stereocenters. The van der Waals surface area contributed by atoms with Crippen LogP contribution in [0, 0.1) is 12.8 Å². The Kier molecular flexibility index (Phi) is 4.20. The summed E-state index contributed by atoms with van der Waals surface area (Å²) in [6, 6.07) is 5.50. The minimum atomic E-state index is -0.0879. The van der Waals surface area contributed by atoms with E-state index in [1.807, 2.05) is 19.1 Å². The van der Waals surface area contributed by atoms with Crippen molar-refractivity contribution in [1.82, 2.24) is 5.32 Å². The van der Waals surface area contributed by atoms with Crippen LogP contribution in [-0.2, 0) is 4.74 Å². The van der Waals surface area contributed by atoms with Crippen LogP contribution >= 0.6 is 0 Å². The number of benzene rings is 1. The highest BCUT2D eigenvalue weighted by Gasteiger charge is 2.16. The highest BCUT2D eigenvalue weighted by Crippen LogP contribution is 2.16. The predicted octanol–water partition coefficient (Wildman–Crippen LogP) is 1.73. The summed E-state index contributed by atoms with van der Waals surface area (Å²) in [5.41, 5.74) is 7.94. The Morgan fingerprint density at radius 2 is 2.39 bits per heavy atom. The SMILES string of the molecule is Cc1ccc(N)c(C(=O)NCCC2CCOC2)c1. The second-order valence-electron chi connectivity index (χ2n) is 4.86. The van der Waals surface area contributed by atoms with Crippen LogP contribution in [-0.4, -0.2) is 25.7 Å². The molecule has 0 aliphatic carbocycles. The molecule has 98 valence electrons. The largest absolute Gasteiger partial charge is 0.398 e. The third-order valence-corrected chi connectivity index (χ3v) is 3.32. The number of hydrogen-bond acceptors (Lipinski definition) is 3. The standard InChI is InChI=1S/C14H20N2O2/c1-10-2-3-13(15)12(8-10)14(17)16-6-4-11-5-7-18-9-11/h2-3,8,11H,4-7,9,15H2,1H3,(H,16,17). The summed E-state index contributed by atoms with van der Waals surface area (Å²) < 4.78 is 5.30. The minimum absolute atomic E-state index is 0.0879. The van der Waals surface area contributed by atoms with E-state index in [-0.39, 0.29) is 5.91 Å². The van der Waals surface area contributed by atoms with Gasteiger partial charge < -0.3 is 15.8 Å². The zero-order chi connectivity index (χ0) is 13.0. The maximum absolute atomic E-state index is 12.0. The van der Waals surface area contributed by atoms with Gasteiger partial charge in [0.1, 0.15) is 0 Å². The van der Waals surface area contributed by atoms with Crippen molar-refractivity contribution < 1.29 is 9.53 Å². The zero-order valence-corrected chi connectivity index (χ0v) is 10.7. The van der Waals surface area contributed by atoms with Crippen molar-refractivity contribution >= 4 is 11.6 Å². The van der Waals surface area contributed by atoms with Gasteiger partial charge in [0, 0.05) is 25.4 Å². The molecule has 2 rings (SSSR count). The van der Waals surface area contributed by atoms with Crippen molar-refractivity contribution in [3.05, 3.63) is 29.3 Å². The molecule has 1 aromatic rings. The number of nitrogens with one attached hydrogen (secondary N) is 1. The molecule has 1 heterocycles. The Morgan fingerprint density at radius 3 is 3.11 bits per heavy atom. The number of nitrogen functional groups attached to an aromatic ring is 1. The molecule has 0 aromatic heterocycles. The molecule has 4 heteroatoms. The van der Waals surface area contributed by atoms with Crippen molar-refractivity contribution in [3.63, 3.8) is 0 Å². The Morgan fingerprint density at radius 1 is 1.56 bits per heavy atom. The van der Waals surface area contributed by atoms with Crippen LogP contribution in [0.5, 0.6) is 0 Å². The van der Waals surface area contributed by atoms with Crippen molar-refractivity contribution in [2.75, 3.05) is 25.5 Å². The average molecular weight is 248 g/mol. The van der Waals surface area contributed by atoms with Crippen LogP contribution in [0.2, 0.25) is 0 Å². The van der Waals surface area contributed by atoms with Gasteiger partial charge in [0.25, 0.3) is 5.91 Å². The van der Waals surface area contributed by atoms with Crippen molar-refractivity contribution in [1.29, 1.82) is 0 Å². The van der Waals surface area contributed by atoms with E-state index < -0.39 is 0 Å². The molecule has 1 unspecified atom stereocenters. The molecule has 1 aromatic carbocycles. The van der Waals surface area contributed by atoms with Gasteiger partial charge in [-0.05, 0) is 37.8 Å². The molecule has 0 saturated carbocycles. The van der Waals surface area contributed by atoms with Gasteiger partial charge in [-0.15, -0.1) is 0 Å². The molecule has 1 amide bonds. The van der Waals surface area contributed by atoms with Crippen LogP contribution in [0.3, 0.4) is 0 Å². The molecular weight excluding hydrogens is 228 g/mol. The van der Waals surface area contributed by atoms with Crippen LogP contribution in [0.15, 0.2) is 18.2 Å². The van der Waals surface area contributed by atoms with Crippen LogP contribution < -0.4 is 11.1 Å². The van der Waals surface area contributed by atoms with Gasteiger partial charge >= 0.3 is 0 Å². The van der Waals surface area contributed by atoms with Crippen LogP contribution in [0.25, 0.3) is 0 Å². The molecule has 4 nitrogen and oxygen atoms in total. The molecule has 1 aliphatic heterocycles. The number of aryl methyl sites for hydroxylation is 1. The molecule has 1 fully saturated rings. The first kappa shape index (κ1) is 12.9.